The summed E-state index contributed by atoms with van der Waals surface area (Å²) in [6.07, 6.45) is 10.9. The number of likely N-dealkylation sites (tertiary alicyclic amines) is 1. The maximum atomic E-state index is 12.8. The van der Waals surface area contributed by atoms with Gasteiger partial charge in [0, 0.05) is 64.1 Å². The number of piperazine rings is 1. The molecule has 3 amide bonds. The van der Waals surface area contributed by atoms with Crippen molar-refractivity contribution >= 4 is 18.1 Å². The highest BCUT2D eigenvalue weighted by molar-refractivity contribution is 5.75. The van der Waals surface area contributed by atoms with Crippen molar-refractivity contribution in [2.45, 2.75) is 64.3 Å². The number of nitrogens with zero attached hydrogens (tertiary/aromatic N) is 4. The predicted octanol–water partition coefficient (Wildman–Crippen LogP) is 4.47. The van der Waals surface area contributed by atoms with Gasteiger partial charge >= 0.3 is 6.03 Å². The van der Waals surface area contributed by atoms with Crippen LogP contribution in [0, 0.1) is 5.92 Å². The number of carbonyl (C=O) groups is 2. The molecule has 1 atom stereocenters. The summed E-state index contributed by atoms with van der Waals surface area (Å²) in [7, 11) is 3.57. The molecule has 34 heavy (non-hydrogen) atoms. The molecule has 3 fully saturated rings. The van der Waals surface area contributed by atoms with Crippen molar-refractivity contribution in [3.63, 3.8) is 0 Å². The number of anilines is 1. The third-order valence-electron chi connectivity index (χ3n) is 7.65. The van der Waals surface area contributed by atoms with Crippen LogP contribution in [0.2, 0.25) is 0 Å². The molecule has 1 aromatic rings. The highest BCUT2D eigenvalue weighted by atomic mass is 16.5. The molecule has 1 aromatic carbocycles. The summed E-state index contributed by atoms with van der Waals surface area (Å²) in [5.41, 5.74) is 1.17. The van der Waals surface area contributed by atoms with Crippen LogP contribution in [0.3, 0.4) is 0 Å². The van der Waals surface area contributed by atoms with Crippen molar-refractivity contribution < 1.29 is 14.3 Å². The van der Waals surface area contributed by atoms with Crippen LogP contribution in [-0.4, -0.2) is 86.6 Å². The molecule has 0 N–H and O–H groups in total. The number of hydrogen-bond acceptors (Lipinski definition) is 4. The molecule has 1 saturated carbocycles. The normalized spacial score (nSPS) is 21.4. The molecule has 0 radical (unpaired) electrons. The SMILES string of the molecule is CCC1CCCN(C(=O)N2CCN(c3cccc(OC)c3)CC2)C1.CN(C=O)C1CCCCC1. The van der Waals surface area contributed by atoms with Crippen molar-refractivity contribution in [1.29, 1.82) is 0 Å². The van der Waals surface area contributed by atoms with Crippen LogP contribution >= 0.6 is 0 Å². The van der Waals surface area contributed by atoms with E-state index >= 15 is 0 Å². The van der Waals surface area contributed by atoms with E-state index in [-0.39, 0.29) is 6.03 Å². The zero-order chi connectivity index (χ0) is 24.3. The fourth-order valence-corrected chi connectivity index (χ4v) is 5.31. The van der Waals surface area contributed by atoms with Gasteiger partial charge in [-0.3, -0.25) is 4.79 Å². The highest BCUT2D eigenvalue weighted by Crippen LogP contribution is 2.24. The van der Waals surface area contributed by atoms with Crippen LogP contribution in [0.4, 0.5) is 10.5 Å². The molecular formula is C27H44N4O3. The molecule has 1 aliphatic carbocycles. The van der Waals surface area contributed by atoms with Crippen LogP contribution in [0.5, 0.6) is 5.75 Å². The average Bonchev–Trinajstić information content (AvgIpc) is 2.93. The second-order valence-electron chi connectivity index (χ2n) is 9.88. The summed E-state index contributed by atoms with van der Waals surface area (Å²) in [6, 6.07) is 8.92. The Bertz CT molecular complexity index is 760. The lowest BCUT2D eigenvalue weighted by Gasteiger charge is -2.40. The first-order valence-electron chi connectivity index (χ1n) is 13.2. The Labute approximate surface area is 206 Å². The monoisotopic (exact) mass is 472 g/mol. The Morgan fingerprint density at radius 3 is 2.41 bits per heavy atom. The summed E-state index contributed by atoms with van der Waals surface area (Å²) in [6.45, 7) is 7.43. The Morgan fingerprint density at radius 1 is 1.03 bits per heavy atom. The van der Waals surface area contributed by atoms with Gasteiger partial charge in [0.15, 0.2) is 0 Å². The Balaban J connectivity index is 0.000000271. The van der Waals surface area contributed by atoms with E-state index in [1.807, 2.05) is 24.1 Å². The molecule has 4 rings (SSSR count). The first-order chi connectivity index (χ1) is 16.5. The zero-order valence-corrected chi connectivity index (χ0v) is 21.5. The molecule has 0 bridgehead atoms. The number of piperidine rings is 1. The van der Waals surface area contributed by atoms with Gasteiger partial charge < -0.3 is 24.3 Å². The van der Waals surface area contributed by atoms with E-state index in [0.29, 0.717) is 12.0 Å². The minimum absolute atomic E-state index is 0.235. The first-order valence-corrected chi connectivity index (χ1v) is 13.2. The summed E-state index contributed by atoms with van der Waals surface area (Å²) in [5, 5.41) is 0. The van der Waals surface area contributed by atoms with E-state index in [1.165, 1.54) is 50.6 Å². The molecule has 2 heterocycles. The molecule has 2 aliphatic heterocycles. The minimum atomic E-state index is 0.235. The predicted molar refractivity (Wildman–Crippen MR) is 137 cm³/mol. The van der Waals surface area contributed by atoms with Gasteiger partial charge in [-0.1, -0.05) is 38.7 Å². The molecule has 190 valence electrons. The number of amides is 3. The molecule has 2 saturated heterocycles. The number of carbonyl (C=O) groups excluding carboxylic acids is 2. The van der Waals surface area contributed by atoms with Crippen LogP contribution in [0.15, 0.2) is 24.3 Å². The van der Waals surface area contributed by atoms with Crippen molar-refractivity contribution in [3.8, 4) is 5.75 Å². The maximum absolute atomic E-state index is 12.8. The van der Waals surface area contributed by atoms with E-state index in [1.54, 1.807) is 12.0 Å². The van der Waals surface area contributed by atoms with E-state index in [2.05, 4.69) is 28.9 Å². The second-order valence-corrected chi connectivity index (χ2v) is 9.88. The average molecular weight is 473 g/mol. The summed E-state index contributed by atoms with van der Waals surface area (Å²) < 4.78 is 5.31. The second kappa shape index (κ2) is 13.4. The lowest BCUT2D eigenvalue weighted by molar-refractivity contribution is -0.119. The van der Waals surface area contributed by atoms with Gasteiger partial charge in [-0.05, 0) is 43.7 Å². The smallest absolute Gasteiger partial charge is 0.320 e. The number of benzene rings is 1. The van der Waals surface area contributed by atoms with Gasteiger partial charge in [-0.15, -0.1) is 0 Å². The van der Waals surface area contributed by atoms with Gasteiger partial charge in [-0.2, -0.15) is 0 Å². The van der Waals surface area contributed by atoms with E-state index in [9.17, 15) is 9.59 Å². The van der Waals surface area contributed by atoms with Crippen LogP contribution in [-0.2, 0) is 4.79 Å². The number of rotatable bonds is 5. The summed E-state index contributed by atoms with van der Waals surface area (Å²) >= 11 is 0. The third-order valence-corrected chi connectivity index (χ3v) is 7.65. The van der Waals surface area contributed by atoms with Gasteiger partial charge in [0.2, 0.25) is 6.41 Å². The minimum Gasteiger partial charge on any atom is -0.497 e. The van der Waals surface area contributed by atoms with Crippen LogP contribution in [0.25, 0.3) is 0 Å². The van der Waals surface area contributed by atoms with E-state index in [4.69, 9.17) is 4.74 Å². The fourth-order valence-electron chi connectivity index (χ4n) is 5.31. The lowest BCUT2D eigenvalue weighted by atomic mass is 9.95. The lowest BCUT2D eigenvalue weighted by Crippen LogP contribution is -2.54. The van der Waals surface area contributed by atoms with Gasteiger partial charge in [-0.25, -0.2) is 4.79 Å². The van der Waals surface area contributed by atoms with Crippen molar-refractivity contribution in [2.75, 3.05) is 58.3 Å². The standard InChI is InChI=1S/C19H29N3O2.C8H15NO/c1-3-16-6-5-9-22(15-16)19(23)21-12-10-20(11-13-21)17-7-4-8-18(14-17)24-2;1-9(7-10)8-5-3-2-4-6-8/h4,7-8,14,16H,3,5-6,9-13,15H2,1-2H3;7-8H,2-6H2,1H3. The highest BCUT2D eigenvalue weighted by Gasteiger charge is 2.28. The third kappa shape index (κ3) is 7.28. The number of ether oxygens (including phenoxy) is 1. The van der Waals surface area contributed by atoms with Crippen LogP contribution < -0.4 is 9.64 Å². The zero-order valence-electron chi connectivity index (χ0n) is 21.5. The van der Waals surface area contributed by atoms with E-state index < -0.39 is 0 Å². The van der Waals surface area contributed by atoms with E-state index in [0.717, 1.165) is 57.8 Å². The number of urea groups is 1. The van der Waals surface area contributed by atoms with Crippen molar-refractivity contribution in [2.24, 2.45) is 5.92 Å². The van der Waals surface area contributed by atoms with Crippen LogP contribution in [0.1, 0.15) is 58.3 Å². The Kier molecular flexibility index (Phi) is 10.4. The van der Waals surface area contributed by atoms with Gasteiger partial charge in [0.25, 0.3) is 0 Å². The molecule has 0 spiro atoms. The molecule has 7 heteroatoms. The Morgan fingerprint density at radius 2 is 1.76 bits per heavy atom. The Hall–Kier alpha value is -2.44. The molecule has 1 unspecified atom stereocenters. The first kappa shape index (κ1) is 26.2. The number of hydrogen-bond donors (Lipinski definition) is 0. The molecule has 0 aromatic heterocycles. The largest absolute Gasteiger partial charge is 0.497 e. The maximum Gasteiger partial charge on any atom is 0.320 e. The molecular weight excluding hydrogens is 428 g/mol. The van der Waals surface area contributed by atoms with Gasteiger partial charge in [0.1, 0.15) is 5.75 Å². The quantitative estimate of drug-likeness (QED) is 0.594. The van der Waals surface area contributed by atoms with Crippen molar-refractivity contribution in [1.82, 2.24) is 14.7 Å². The van der Waals surface area contributed by atoms with Gasteiger partial charge in [0.05, 0.1) is 7.11 Å². The summed E-state index contributed by atoms with van der Waals surface area (Å²) in [5.74, 6) is 1.56. The van der Waals surface area contributed by atoms with Crippen molar-refractivity contribution in [3.05, 3.63) is 24.3 Å². The molecule has 7 nitrogen and oxygen atoms in total. The topological polar surface area (TPSA) is 56.3 Å². The number of methoxy groups -OCH3 is 1. The fraction of sp³-hybridized carbons (Fsp3) is 0.704. The summed E-state index contributed by atoms with van der Waals surface area (Å²) in [4.78, 5) is 31.3. The molecule has 3 aliphatic rings.